The molecular weight excluding hydrogens is 229 g/mol. The molecule has 84 valence electrons. The van der Waals surface area contributed by atoms with Gasteiger partial charge in [-0.3, -0.25) is 0 Å². The van der Waals surface area contributed by atoms with Crippen LogP contribution in [0, 0.1) is 0 Å². The van der Waals surface area contributed by atoms with Gasteiger partial charge in [0.05, 0.1) is 11.3 Å². The zero-order chi connectivity index (χ0) is 11.5. The maximum Gasteiger partial charge on any atom is 0.416 e. The van der Waals surface area contributed by atoms with E-state index in [1.165, 1.54) is 12.1 Å². The van der Waals surface area contributed by atoms with Crippen molar-refractivity contribution in [2.75, 3.05) is 5.75 Å². The van der Waals surface area contributed by atoms with Gasteiger partial charge in [0, 0.05) is 0 Å². The summed E-state index contributed by atoms with van der Waals surface area (Å²) in [5.41, 5.74) is -0.0956. The van der Waals surface area contributed by atoms with Crippen LogP contribution < -0.4 is 0 Å². The molecule has 1 unspecified atom stereocenters. The summed E-state index contributed by atoms with van der Waals surface area (Å²) in [4.78, 5) is 0. The molecule has 1 N–H and O–H groups in total. The van der Waals surface area contributed by atoms with Gasteiger partial charge in [0.25, 0.3) is 0 Å². The number of hydrogen-bond donors (Lipinski definition) is 1. The molecule has 6 heteroatoms. The largest absolute Gasteiger partial charge is 0.416 e. The molecule has 2 nitrogen and oxygen atoms in total. The van der Waals surface area contributed by atoms with Crippen LogP contribution in [-0.4, -0.2) is 14.5 Å². The zero-order valence-corrected chi connectivity index (χ0v) is 8.44. The van der Waals surface area contributed by atoms with Gasteiger partial charge in [0.1, 0.15) is 0 Å². The Hall–Kier alpha value is -0.880. The molecule has 0 aliphatic heterocycles. The first-order chi connectivity index (χ1) is 6.89. The number of hydrogen-bond acceptors (Lipinski definition) is 1. The molecule has 0 aliphatic rings. The van der Waals surface area contributed by atoms with E-state index in [9.17, 15) is 17.4 Å². The van der Waals surface area contributed by atoms with E-state index in [1.54, 1.807) is 0 Å². The molecule has 0 aromatic heterocycles. The van der Waals surface area contributed by atoms with Crippen LogP contribution in [0.25, 0.3) is 0 Å². The second kappa shape index (κ2) is 4.76. The van der Waals surface area contributed by atoms with Gasteiger partial charge in [-0.15, -0.1) is 0 Å². The fourth-order valence-electron chi connectivity index (χ4n) is 1.07. The summed E-state index contributed by atoms with van der Waals surface area (Å²) in [6, 6.07) is 4.57. The summed E-state index contributed by atoms with van der Waals surface area (Å²) in [5.74, 6) is 0.0331. The third-order valence-corrected chi connectivity index (χ3v) is 2.40. The first-order valence-corrected chi connectivity index (χ1v) is 5.41. The lowest BCUT2D eigenvalue weighted by Gasteiger charge is -2.06. The van der Waals surface area contributed by atoms with Gasteiger partial charge in [-0.05, 0) is 24.1 Å². The normalized spacial score (nSPS) is 13.9. The molecule has 15 heavy (non-hydrogen) atoms. The predicted octanol–water partition coefficient (Wildman–Crippen LogP) is 2.47. The third-order valence-electron chi connectivity index (χ3n) is 1.85. The average molecular weight is 238 g/mol. The Morgan fingerprint density at radius 1 is 1.20 bits per heavy atom. The number of benzene rings is 1. The molecule has 0 heterocycles. The minimum Gasteiger partial charge on any atom is -0.306 e. The van der Waals surface area contributed by atoms with Gasteiger partial charge < -0.3 is 4.55 Å². The molecule has 0 bridgehead atoms. The highest BCUT2D eigenvalue weighted by molar-refractivity contribution is 7.79. The molecule has 1 aromatic carbocycles. The van der Waals surface area contributed by atoms with E-state index in [0.717, 1.165) is 12.1 Å². The average Bonchev–Trinajstić information content (AvgIpc) is 2.14. The summed E-state index contributed by atoms with van der Waals surface area (Å²) in [5, 5.41) is 0. The highest BCUT2D eigenvalue weighted by atomic mass is 32.2. The summed E-state index contributed by atoms with van der Waals surface area (Å²) >= 11 is -1.91. The lowest BCUT2D eigenvalue weighted by atomic mass is 10.1. The van der Waals surface area contributed by atoms with Crippen molar-refractivity contribution in [2.24, 2.45) is 0 Å². The van der Waals surface area contributed by atoms with Crippen molar-refractivity contribution in [2.45, 2.75) is 12.6 Å². The third kappa shape index (κ3) is 4.01. The molecule has 0 spiro atoms. The minimum atomic E-state index is -4.33. The number of rotatable bonds is 3. The second-order valence-corrected chi connectivity index (χ2v) is 4.02. The summed E-state index contributed by atoms with van der Waals surface area (Å²) in [6.45, 7) is 0. The molecule has 0 aliphatic carbocycles. The standard InChI is InChI=1S/C9H9F3O2S/c10-9(11,12)8-3-1-7(2-4-8)5-6-15(13)14/h1-4H,5-6H2,(H,13,14). The predicted molar refractivity (Wildman–Crippen MR) is 50.8 cm³/mol. The highest BCUT2D eigenvalue weighted by Crippen LogP contribution is 2.29. The molecular formula is C9H9F3O2S. The monoisotopic (exact) mass is 238 g/mol. The van der Waals surface area contributed by atoms with Crippen molar-refractivity contribution in [1.29, 1.82) is 0 Å². The van der Waals surface area contributed by atoms with Gasteiger partial charge in [0.15, 0.2) is 11.1 Å². The lowest BCUT2D eigenvalue weighted by Crippen LogP contribution is -2.05. The van der Waals surface area contributed by atoms with E-state index < -0.39 is 22.8 Å². The summed E-state index contributed by atoms with van der Waals surface area (Å²) in [7, 11) is 0. The molecule has 0 fully saturated rings. The zero-order valence-electron chi connectivity index (χ0n) is 7.62. The molecule has 1 rings (SSSR count). The Morgan fingerprint density at radius 2 is 1.73 bits per heavy atom. The molecule has 0 saturated carbocycles. The highest BCUT2D eigenvalue weighted by Gasteiger charge is 2.29. The van der Waals surface area contributed by atoms with Crippen LogP contribution in [0.4, 0.5) is 13.2 Å². The Balaban J connectivity index is 2.69. The van der Waals surface area contributed by atoms with Crippen molar-refractivity contribution in [3.63, 3.8) is 0 Å². The van der Waals surface area contributed by atoms with Crippen molar-refractivity contribution in [3.8, 4) is 0 Å². The van der Waals surface area contributed by atoms with Crippen molar-refractivity contribution in [3.05, 3.63) is 35.4 Å². The Kier molecular flexibility index (Phi) is 3.87. The first kappa shape index (κ1) is 12.2. The van der Waals surface area contributed by atoms with E-state index in [0.29, 0.717) is 12.0 Å². The van der Waals surface area contributed by atoms with Gasteiger partial charge in [-0.2, -0.15) is 13.2 Å². The van der Waals surface area contributed by atoms with E-state index in [1.807, 2.05) is 0 Å². The first-order valence-electron chi connectivity index (χ1n) is 4.13. The SMILES string of the molecule is O=S(O)CCc1ccc(C(F)(F)F)cc1. The summed E-state index contributed by atoms with van der Waals surface area (Å²) in [6.07, 6.45) is -4.04. The van der Waals surface area contributed by atoms with Crippen LogP contribution >= 0.6 is 0 Å². The van der Waals surface area contributed by atoms with Crippen LogP contribution in [0.1, 0.15) is 11.1 Å². The topological polar surface area (TPSA) is 37.3 Å². The van der Waals surface area contributed by atoms with E-state index in [-0.39, 0.29) is 5.75 Å². The lowest BCUT2D eigenvalue weighted by molar-refractivity contribution is -0.137. The number of alkyl halides is 3. The van der Waals surface area contributed by atoms with Gasteiger partial charge in [0.2, 0.25) is 0 Å². The van der Waals surface area contributed by atoms with Crippen LogP contribution in [-0.2, 0) is 23.7 Å². The Labute approximate surface area is 87.4 Å². The van der Waals surface area contributed by atoms with E-state index in [4.69, 9.17) is 4.55 Å². The maximum atomic E-state index is 12.1. The molecule has 0 saturated heterocycles. The fraction of sp³-hybridized carbons (Fsp3) is 0.333. The van der Waals surface area contributed by atoms with Gasteiger partial charge in [-0.25, -0.2) is 4.21 Å². The molecule has 0 radical (unpaired) electrons. The Morgan fingerprint density at radius 3 is 2.13 bits per heavy atom. The quantitative estimate of drug-likeness (QED) is 0.821. The Bertz CT molecular complexity index is 345. The van der Waals surface area contributed by atoms with Gasteiger partial charge in [-0.1, -0.05) is 12.1 Å². The van der Waals surface area contributed by atoms with Crippen molar-refractivity contribution in [1.82, 2.24) is 0 Å². The number of aryl methyl sites for hydroxylation is 1. The maximum absolute atomic E-state index is 12.1. The fourth-order valence-corrected chi connectivity index (χ4v) is 1.48. The molecule has 0 amide bonds. The van der Waals surface area contributed by atoms with E-state index >= 15 is 0 Å². The second-order valence-electron chi connectivity index (χ2n) is 2.97. The molecule has 1 aromatic rings. The van der Waals surface area contributed by atoms with Crippen molar-refractivity contribution >= 4 is 11.1 Å². The van der Waals surface area contributed by atoms with Crippen LogP contribution in [0.2, 0.25) is 0 Å². The van der Waals surface area contributed by atoms with Crippen molar-refractivity contribution < 1.29 is 21.9 Å². The smallest absolute Gasteiger partial charge is 0.306 e. The van der Waals surface area contributed by atoms with E-state index in [2.05, 4.69) is 0 Å². The summed E-state index contributed by atoms with van der Waals surface area (Å²) < 4.78 is 55.3. The van der Waals surface area contributed by atoms with Crippen LogP contribution in [0.5, 0.6) is 0 Å². The van der Waals surface area contributed by atoms with Gasteiger partial charge >= 0.3 is 6.18 Å². The van der Waals surface area contributed by atoms with Crippen LogP contribution in [0.15, 0.2) is 24.3 Å². The minimum absolute atomic E-state index is 0.0331. The van der Waals surface area contributed by atoms with Crippen LogP contribution in [0.3, 0.4) is 0 Å². The number of halogens is 3. The molecule has 1 atom stereocenters.